The Morgan fingerprint density at radius 2 is 1.84 bits per heavy atom. The van der Waals surface area contributed by atoms with E-state index in [1.165, 1.54) is 0 Å². The first-order valence-electron chi connectivity index (χ1n) is 7.40. The number of amides is 2. The Morgan fingerprint density at radius 1 is 1.16 bits per heavy atom. The molecule has 1 N–H and O–H groups in total. The zero-order valence-electron chi connectivity index (χ0n) is 12.9. The lowest BCUT2D eigenvalue weighted by Crippen LogP contribution is -2.45. The summed E-state index contributed by atoms with van der Waals surface area (Å²) in [6.07, 6.45) is 1.90. The Morgan fingerprint density at radius 3 is 2.52 bits per heavy atom. The van der Waals surface area contributed by atoms with Crippen LogP contribution in [0.15, 0.2) is 59.5 Å². The van der Waals surface area contributed by atoms with Gasteiger partial charge in [-0.3, -0.25) is 15.0 Å². The monoisotopic (exact) mass is 388 g/mol. The fourth-order valence-corrected chi connectivity index (χ4v) is 3.53. The molecule has 7 heteroatoms. The van der Waals surface area contributed by atoms with Crippen LogP contribution in [-0.4, -0.2) is 21.1 Å². The van der Waals surface area contributed by atoms with Gasteiger partial charge in [0.1, 0.15) is 0 Å². The molecule has 3 rings (SSSR count). The number of carbonyl (C=O) groups is 2. The smallest absolute Gasteiger partial charge is 0.273 e. The van der Waals surface area contributed by atoms with E-state index in [2.05, 4.69) is 5.43 Å². The number of nitrogens with one attached hydrogen (secondary N) is 1. The highest BCUT2D eigenvalue weighted by molar-refractivity contribution is 8.26. The number of thiocarbonyl (C=S) groups is 1. The van der Waals surface area contributed by atoms with Crippen LogP contribution in [0.25, 0.3) is 6.08 Å². The second-order valence-corrected chi connectivity index (χ2v) is 7.38. The molecule has 1 aliphatic rings. The second-order valence-electron chi connectivity index (χ2n) is 5.27. The number of carbonyl (C=O) groups excluding carboxylic acids is 2. The van der Waals surface area contributed by atoms with Gasteiger partial charge in [0.25, 0.3) is 5.91 Å². The van der Waals surface area contributed by atoms with E-state index < -0.39 is 0 Å². The standard InChI is InChI=1S/C18H13ClN2O2S2/c19-14-8-6-13(7-9-14)10-15-17(23)21(18(24)25-15)20-16(22)11-12-4-2-1-3-5-12/h1-10H,11H2,(H,20,22)/b15-10-. The van der Waals surface area contributed by atoms with E-state index in [9.17, 15) is 9.59 Å². The summed E-state index contributed by atoms with van der Waals surface area (Å²) >= 11 is 12.2. The second kappa shape index (κ2) is 7.82. The van der Waals surface area contributed by atoms with E-state index in [0.717, 1.165) is 27.9 Å². The average molecular weight is 389 g/mol. The van der Waals surface area contributed by atoms with Crippen LogP contribution < -0.4 is 5.43 Å². The molecule has 1 aliphatic heterocycles. The van der Waals surface area contributed by atoms with Crippen molar-refractivity contribution in [3.63, 3.8) is 0 Å². The molecule has 0 radical (unpaired) electrons. The molecular formula is C18H13ClN2O2S2. The maximum atomic E-state index is 12.5. The summed E-state index contributed by atoms with van der Waals surface area (Å²) in [5.41, 5.74) is 4.27. The molecule has 0 spiro atoms. The van der Waals surface area contributed by atoms with Gasteiger partial charge >= 0.3 is 0 Å². The van der Waals surface area contributed by atoms with Crippen molar-refractivity contribution >= 4 is 57.8 Å². The first-order valence-corrected chi connectivity index (χ1v) is 9.00. The van der Waals surface area contributed by atoms with Gasteiger partial charge in [0.2, 0.25) is 5.91 Å². The molecule has 0 unspecified atom stereocenters. The fraction of sp³-hybridized carbons (Fsp3) is 0.0556. The van der Waals surface area contributed by atoms with Crippen molar-refractivity contribution in [2.45, 2.75) is 6.42 Å². The number of thioether (sulfide) groups is 1. The van der Waals surface area contributed by atoms with E-state index in [1.807, 2.05) is 42.5 Å². The molecule has 2 aromatic carbocycles. The predicted molar refractivity (Wildman–Crippen MR) is 105 cm³/mol. The summed E-state index contributed by atoms with van der Waals surface area (Å²) in [4.78, 5) is 25.1. The summed E-state index contributed by atoms with van der Waals surface area (Å²) in [6.45, 7) is 0. The SMILES string of the molecule is O=C(Cc1ccccc1)NN1C(=O)/C(=C/c2ccc(Cl)cc2)SC1=S. The molecular weight excluding hydrogens is 376 g/mol. The third kappa shape index (κ3) is 4.48. The number of hydrogen-bond acceptors (Lipinski definition) is 4. The highest BCUT2D eigenvalue weighted by Gasteiger charge is 2.33. The third-order valence-electron chi connectivity index (χ3n) is 3.41. The molecule has 25 heavy (non-hydrogen) atoms. The predicted octanol–water partition coefficient (Wildman–Crippen LogP) is 3.82. The number of nitrogens with zero attached hydrogens (tertiary/aromatic N) is 1. The molecule has 0 aromatic heterocycles. The number of rotatable bonds is 4. The van der Waals surface area contributed by atoms with Crippen LogP contribution in [0.1, 0.15) is 11.1 Å². The minimum Gasteiger partial charge on any atom is -0.273 e. The third-order valence-corrected chi connectivity index (χ3v) is 4.96. The van der Waals surface area contributed by atoms with Gasteiger partial charge in [-0.1, -0.05) is 65.8 Å². The van der Waals surface area contributed by atoms with Crippen LogP contribution in [0.2, 0.25) is 5.02 Å². The van der Waals surface area contributed by atoms with E-state index in [4.69, 9.17) is 23.8 Å². The summed E-state index contributed by atoms with van der Waals surface area (Å²) < 4.78 is 0.298. The summed E-state index contributed by atoms with van der Waals surface area (Å²) in [5, 5.41) is 1.74. The van der Waals surface area contributed by atoms with Crippen molar-refractivity contribution in [3.05, 3.63) is 75.7 Å². The lowest BCUT2D eigenvalue weighted by Gasteiger charge is -2.15. The number of halogens is 1. The zero-order valence-corrected chi connectivity index (χ0v) is 15.3. The van der Waals surface area contributed by atoms with Crippen molar-refractivity contribution in [1.82, 2.24) is 10.4 Å². The fourth-order valence-electron chi connectivity index (χ4n) is 2.22. The van der Waals surface area contributed by atoms with Crippen LogP contribution in [0.4, 0.5) is 0 Å². The molecule has 0 saturated carbocycles. The Labute approximate surface area is 159 Å². The lowest BCUT2D eigenvalue weighted by molar-refractivity contribution is -0.132. The van der Waals surface area contributed by atoms with Crippen LogP contribution in [0, 0.1) is 0 Å². The van der Waals surface area contributed by atoms with E-state index in [-0.39, 0.29) is 18.2 Å². The summed E-state index contributed by atoms with van der Waals surface area (Å²) in [7, 11) is 0. The number of hydrazine groups is 1. The first kappa shape index (κ1) is 17.7. The van der Waals surface area contributed by atoms with Crippen LogP contribution in [0.3, 0.4) is 0 Å². The number of benzene rings is 2. The molecule has 1 saturated heterocycles. The van der Waals surface area contributed by atoms with Crippen LogP contribution in [0.5, 0.6) is 0 Å². The lowest BCUT2D eigenvalue weighted by atomic mass is 10.1. The van der Waals surface area contributed by atoms with Gasteiger partial charge in [0.05, 0.1) is 11.3 Å². The van der Waals surface area contributed by atoms with Crippen molar-refractivity contribution in [2.75, 3.05) is 0 Å². The highest BCUT2D eigenvalue weighted by atomic mass is 35.5. The largest absolute Gasteiger partial charge is 0.285 e. The Kier molecular flexibility index (Phi) is 5.53. The minimum atomic E-state index is -0.341. The number of hydrogen-bond donors (Lipinski definition) is 1. The normalized spacial score (nSPS) is 15.7. The quantitative estimate of drug-likeness (QED) is 0.639. The zero-order chi connectivity index (χ0) is 17.8. The molecule has 1 fully saturated rings. The molecule has 0 bridgehead atoms. The molecule has 4 nitrogen and oxygen atoms in total. The molecule has 0 aliphatic carbocycles. The molecule has 126 valence electrons. The molecule has 2 amide bonds. The van der Waals surface area contributed by atoms with Gasteiger partial charge in [-0.25, -0.2) is 0 Å². The van der Waals surface area contributed by atoms with Crippen molar-refractivity contribution in [2.24, 2.45) is 0 Å². The van der Waals surface area contributed by atoms with Gasteiger partial charge in [-0.15, -0.1) is 0 Å². The van der Waals surface area contributed by atoms with Crippen LogP contribution >= 0.6 is 35.6 Å². The molecule has 2 aromatic rings. The van der Waals surface area contributed by atoms with Crippen molar-refractivity contribution in [1.29, 1.82) is 0 Å². The van der Waals surface area contributed by atoms with Gasteiger partial charge in [-0.2, -0.15) is 5.01 Å². The van der Waals surface area contributed by atoms with E-state index >= 15 is 0 Å². The van der Waals surface area contributed by atoms with Gasteiger partial charge in [0.15, 0.2) is 4.32 Å². The minimum absolute atomic E-state index is 0.175. The molecule has 1 heterocycles. The van der Waals surface area contributed by atoms with Crippen LogP contribution in [-0.2, 0) is 16.0 Å². The van der Waals surface area contributed by atoms with Crippen molar-refractivity contribution < 1.29 is 9.59 Å². The van der Waals surface area contributed by atoms with E-state index in [1.54, 1.807) is 18.2 Å². The molecule has 0 atom stereocenters. The maximum absolute atomic E-state index is 12.5. The highest BCUT2D eigenvalue weighted by Crippen LogP contribution is 2.31. The van der Waals surface area contributed by atoms with Gasteiger partial charge < -0.3 is 0 Å². The topological polar surface area (TPSA) is 49.4 Å². The summed E-state index contributed by atoms with van der Waals surface area (Å²) in [5.74, 6) is -0.637. The average Bonchev–Trinajstić information content (AvgIpc) is 2.85. The van der Waals surface area contributed by atoms with Gasteiger partial charge in [0, 0.05) is 5.02 Å². The van der Waals surface area contributed by atoms with Gasteiger partial charge in [-0.05, 0) is 41.6 Å². The summed E-state index contributed by atoms with van der Waals surface area (Å²) in [6, 6.07) is 16.4. The van der Waals surface area contributed by atoms with E-state index in [0.29, 0.717) is 14.2 Å². The Hall–Kier alpha value is -2.15. The first-order chi connectivity index (χ1) is 12.0. The Balaban J connectivity index is 1.69. The maximum Gasteiger partial charge on any atom is 0.285 e. The Bertz CT molecular complexity index is 851. The van der Waals surface area contributed by atoms with Crippen molar-refractivity contribution in [3.8, 4) is 0 Å².